The maximum absolute atomic E-state index is 10.7. The highest BCUT2D eigenvalue weighted by Crippen LogP contribution is 2.29. The number of benzene rings is 1. The Morgan fingerprint density at radius 2 is 2.00 bits per heavy atom. The largest absolute Gasteiger partial charge is 0.384 e. The van der Waals surface area contributed by atoms with Gasteiger partial charge in [-0.1, -0.05) is 38.1 Å². The molecule has 100 valence electrons. The molecule has 0 aromatic heterocycles. The minimum Gasteiger partial charge on any atom is -0.384 e. The van der Waals surface area contributed by atoms with Gasteiger partial charge in [0, 0.05) is 6.04 Å². The van der Waals surface area contributed by atoms with E-state index in [1.54, 1.807) is 0 Å². The van der Waals surface area contributed by atoms with Crippen molar-refractivity contribution >= 4 is 0 Å². The minimum atomic E-state index is -0.757. The number of hydrogen-bond acceptors (Lipinski definition) is 2. The molecule has 2 atom stereocenters. The zero-order chi connectivity index (χ0) is 13.2. The van der Waals surface area contributed by atoms with Crippen LogP contribution in [0.2, 0.25) is 0 Å². The zero-order valence-electron chi connectivity index (χ0n) is 11.7. The van der Waals surface area contributed by atoms with Crippen molar-refractivity contribution in [1.82, 2.24) is 5.32 Å². The lowest BCUT2D eigenvalue weighted by atomic mass is 9.86. The third-order valence-corrected chi connectivity index (χ3v) is 3.92. The van der Waals surface area contributed by atoms with E-state index in [2.05, 4.69) is 43.4 Å². The van der Waals surface area contributed by atoms with Gasteiger partial charge in [0.2, 0.25) is 0 Å². The normalized spacial score (nSPS) is 23.3. The van der Waals surface area contributed by atoms with Crippen LogP contribution in [0, 0.1) is 5.92 Å². The van der Waals surface area contributed by atoms with Crippen LogP contribution in [0.5, 0.6) is 0 Å². The quantitative estimate of drug-likeness (QED) is 0.857. The Bertz CT molecular complexity index is 375. The fourth-order valence-electron chi connectivity index (χ4n) is 2.82. The predicted molar refractivity (Wildman–Crippen MR) is 75.6 cm³/mol. The van der Waals surface area contributed by atoms with Gasteiger partial charge in [0.05, 0.1) is 0 Å². The molecule has 1 fully saturated rings. The van der Waals surface area contributed by atoms with Crippen molar-refractivity contribution in [3.05, 3.63) is 35.4 Å². The van der Waals surface area contributed by atoms with Gasteiger partial charge in [-0.05, 0) is 49.8 Å². The first-order chi connectivity index (χ1) is 8.50. The SMILES string of the molecule is CC(C)Cc1ccc(C(C)(O)C2CCCN2)cc1. The highest BCUT2D eigenvalue weighted by atomic mass is 16.3. The molecular weight excluding hydrogens is 222 g/mol. The topological polar surface area (TPSA) is 32.3 Å². The van der Waals surface area contributed by atoms with Crippen molar-refractivity contribution in [3.8, 4) is 0 Å². The van der Waals surface area contributed by atoms with Crippen LogP contribution >= 0.6 is 0 Å². The summed E-state index contributed by atoms with van der Waals surface area (Å²) in [5.41, 5.74) is 1.62. The summed E-state index contributed by atoms with van der Waals surface area (Å²) in [6, 6.07) is 8.65. The van der Waals surface area contributed by atoms with E-state index in [-0.39, 0.29) is 6.04 Å². The van der Waals surface area contributed by atoms with Gasteiger partial charge in [-0.3, -0.25) is 0 Å². The average molecular weight is 247 g/mol. The Morgan fingerprint density at radius 3 is 2.50 bits per heavy atom. The number of hydrogen-bond donors (Lipinski definition) is 2. The average Bonchev–Trinajstić information content (AvgIpc) is 2.83. The molecule has 1 aliphatic rings. The van der Waals surface area contributed by atoms with E-state index in [0.29, 0.717) is 5.92 Å². The smallest absolute Gasteiger partial charge is 0.102 e. The molecule has 18 heavy (non-hydrogen) atoms. The van der Waals surface area contributed by atoms with E-state index in [9.17, 15) is 5.11 Å². The molecule has 2 nitrogen and oxygen atoms in total. The zero-order valence-corrected chi connectivity index (χ0v) is 11.7. The molecule has 1 heterocycles. The summed E-state index contributed by atoms with van der Waals surface area (Å²) < 4.78 is 0. The Morgan fingerprint density at radius 1 is 1.33 bits per heavy atom. The Labute approximate surface area is 110 Å². The molecule has 1 aromatic carbocycles. The summed E-state index contributed by atoms with van der Waals surface area (Å²) in [7, 11) is 0. The molecule has 0 amide bonds. The molecule has 2 N–H and O–H groups in total. The standard InChI is InChI=1S/C16H25NO/c1-12(2)11-13-6-8-14(9-7-13)16(3,18)15-5-4-10-17-15/h6-9,12,15,17-18H,4-5,10-11H2,1-3H3. The third kappa shape index (κ3) is 2.93. The Balaban J connectivity index is 2.12. The molecule has 0 radical (unpaired) electrons. The van der Waals surface area contributed by atoms with Gasteiger partial charge in [-0.25, -0.2) is 0 Å². The van der Waals surface area contributed by atoms with Crippen LogP contribution in [0.25, 0.3) is 0 Å². The van der Waals surface area contributed by atoms with Crippen molar-refractivity contribution in [1.29, 1.82) is 0 Å². The molecule has 1 aromatic rings. The predicted octanol–water partition coefficient (Wildman–Crippen LogP) is 2.84. The van der Waals surface area contributed by atoms with Crippen LogP contribution in [0.15, 0.2) is 24.3 Å². The number of nitrogens with one attached hydrogen (secondary N) is 1. The van der Waals surface area contributed by atoms with Crippen LogP contribution in [-0.4, -0.2) is 17.7 Å². The Hall–Kier alpha value is -0.860. The second-order valence-electron chi connectivity index (χ2n) is 6.09. The van der Waals surface area contributed by atoms with Gasteiger partial charge in [0.25, 0.3) is 0 Å². The van der Waals surface area contributed by atoms with Crippen LogP contribution in [0.4, 0.5) is 0 Å². The van der Waals surface area contributed by atoms with Crippen molar-refractivity contribution in [3.63, 3.8) is 0 Å². The molecule has 2 unspecified atom stereocenters. The molecule has 0 bridgehead atoms. The second-order valence-corrected chi connectivity index (χ2v) is 6.09. The second kappa shape index (κ2) is 5.41. The van der Waals surface area contributed by atoms with Crippen LogP contribution in [0.3, 0.4) is 0 Å². The van der Waals surface area contributed by atoms with Crippen molar-refractivity contribution in [2.75, 3.05) is 6.54 Å². The monoisotopic (exact) mass is 247 g/mol. The summed E-state index contributed by atoms with van der Waals surface area (Å²) in [5.74, 6) is 0.674. The maximum atomic E-state index is 10.7. The van der Waals surface area contributed by atoms with E-state index in [1.807, 2.05) is 6.92 Å². The van der Waals surface area contributed by atoms with Crippen molar-refractivity contribution in [2.45, 2.75) is 51.7 Å². The lowest BCUT2D eigenvalue weighted by Gasteiger charge is -2.31. The summed E-state index contributed by atoms with van der Waals surface area (Å²) in [6.07, 6.45) is 3.32. The molecule has 0 aliphatic carbocycles. The fraction of sp³-hybridized carbons (Fsp3) is 0.625. The van der Waals surface area contributed by atoms with Gasteiger partial charge in [-0.2, -0.15) is 0 Å². The van der Waals surface area contributed by atoms with E-state index in [1.165, 1.54) is 5.56 Å². The maximum Gasteiger partial charge on any atom is 0.102 e. The van der Waals surface area contributed by atoms with Gasteiger partial charge >= 0.3 is 0 Å². The molecule has 1 aliphatic heterocycles. The first-order valence-corrected chi connectivity index (χ1v) is 7.05. The van der Waals surface area contributed by atoms with E-state index in [4.69, 9.17) is 0 Å². The van der Waals surface area contributed by atoms with Gasteiger partial charge < -0.3 is 10.4 Å². The number of rotatable bonds is 4. The molecule has 2 rings (SSSR count). The Kier molecular flexibility index (Phi) is 4.08. The van der Waals surface area contributed by atoms with Crippen LogP contribution < -0.4 is 5.32 Å². The van der Waals surface area contributed by atoms with E-state index >= 15 is 0 Å². The van der Waals surface area contributed by atoms with Gasteiger partial charge in [-0.15, -0.1) is 0 Å². The van der Waals surface area contributed by atoms with Gasteiger partial charge in [0.15, 0.2) is 0 Å². The molecule has 0 spiro atoms. The van der Waals surface area contributed by atoms with E-state index in [0.717, 1.165) is 31.4 Å². The first kappa shape index (κ1) is 13.6. The summed E-state index contributed by atoms with van der Waals surface area (Å²) in [5, 5.41) is 14.1. The fourth-order valence-corrected chi connectivity index (χ4v) is 2.82. The highest BCUT2D eigenvalue weighted by Gasteiger charge is 2.35. The van der Waals surface area contributed by atoms with Crippen LogP contribution in [-0.2, 0) is 12.0 Å². The lowest BCUT2D eigenvalue weighted by Crippen LogP contribution is -2.42. The summed E-state index contributed by atoms with van der Waals surface area (Å²) in [6.45, 7) is 7.40. The van der Waals surface area contributed by atoms with Crippen molar-refractivity contribution in [2.24, 2.45) is 5.92 Å². The molecule has 0 saturated carbocycles. The molecular formula is C16H25NO. The first-order valence-electron chi connectivity index (χ1n) is 7.05. The van der Waals surface area contributed by atoms with Crippen molar-refractivity contribution < 1.29 is 5.11 Å². The highest BCUT2D eigenvalue weighted by molar-refractivity contribution is 5.28. The summed E-state index contributed by atoms with van der Waals surface area (Å²) >= 11 is 0. The molecule has 1 saturated heterocycles. The van der Waals surface area contributed by atoms with Gasteiger partial charge in [0.1, 0.15) is 5.60 Å². The third-order valence-electron chi connectivity index (χ3n) is 3.92. The number of aliphatic hydroxyl groups is 1. The molecule has 2 heteroatoms. The van der Waals surface area contributed by atoms with E-state index < -0.39 is 5.60 Å². The lowest BCUT2D eigenvalue weighted by molar-refractivity contribution is 0.0218. The minimum absolute atomic E-state index is 0.188. The summed E-state index contributed by atoms with van der Waals surface area (Å²) in [4.78, 5) is 0. The van der Waals surface area contributed by atoms with Crippen LogP contribution in [0.1, 0.15) is 44.7 Å².